The Kier molecular flexibility index (Phi) is 9.99. The third-order valence-electron chi connectivity index (χ3n) is 10.9. The number of ketones is 1. The Morgan fingerprint density at radius 1 is 0.951 bits per heavy atom. The third kappa shape index (κ3) is 6.71. The van der Waals surface area contributed by atoms with Crippen molar-refractivity contribution in [1.82, 2.24) is 5.09 Å². The number of ether oxygens (including phenoxy) is 2. The molecule has 0 aromatic carbocycles. The molecule has 0 radical (unpaired) electrons. The summed E-state index contributed by atoms with van der Waals surface area (Å²) >= 11 is 0. The number of fused-ring (bicyclic) bond motifs is 5. The van der Waals surface area contributed by atoms with Crippen LogP contribution in [0.5, 0.6) is 0 Å². The SMILES string of the molecule is CCOC(=O)O[P@@](=O)(NC(C)C(=O)OC(C)C)OO[C@@H]1CC[C@@]2(C)[C@@H](CC[C@@H]3[C@@H]2CC[C@]2(C)[C@@H](C(C)=O)CC[C@@H]32)C1. The van der Waals surface area contributed by atoms with E-state index in [9.17, 15) is 18.9 Å². The quantitative estimate of drug-likeness (QED) is 0.124. The van der Waals surface area contributed by atoms with Crippen molar-refractivity contribution in [2.45, 2.75) is 125 Å². The molecule has 4 aliphatic rings. The Morgan fingerprint density at radius 2 is 1.63 bits per heavy atom. The highest BCUT2D eigenvalue weighted by molar-refractivity contribution is 7.52. The van der Waals surface area contributed by atoms with Crippen molar-refractivity contribution in [2.75, 3.05) is 6.61 Å². The first-order valence-electron chi connectivity index (χ1n) is 15.5. The second kappa shape index (κ2) is 12.6. The molecule has 0 spiro atoms. The van der Waals surface area contributed by atoms with Crippen LogP contribution in [0.3, 0.4) is 0 Å². The molecule has 4 fully saturated rings. The van der Waals surface area contributed by atoms with Crippen LogP contribution in [-0.2, 0) is 37.7 Å². The first kappa shape index (κ1) is 32.4. The van der Waals surface area contributed by atoms with Crippen molar-refractivity contribution in [1.29, 1.82) is 0 Å². The number of hydrogen-bond acceptors (Lipinski definition) is 9. The van der Waals surface area contributed by atoms with E-state index in [0.717, 1.165) is 57.8 Å². The molecule has 234 valence electrons. The molecule has 4 rings (SSSR count). The summed E-state index contributed by atoms with van der Waals surface area (Å²) in [6, 6.07) is -1.08. The van der Waals surface area contributed by atoms with E-state index in [1.165, 1.54) is 6.92 Å². The predicted molar refractivity (Wildman–Crippen MR) is 151 cm³/mol. The van der Waals surface area contributed by atoms with Gasteiger partial charge in [0.1, 0.15) is 11.8 Å². The molecule has 11 heteroatoms. The maximum Gasteiger partial charge on any atom is 0.515 e. The van der Waals surface area contributed by atoms with Crippen molar-refractivity contribution in [3.63, 3.8) is 0 Å². The van der Waals surface area contributed by atoms with Crippen molar-refractivity contribution < 1.29 is 42.5 Å². The van der Waals surface area contributed by atoms with Gasteiger partial charge in [0, 0.05) is 5.92 Å². The third-order valence-corrected chi connectivity index (χ3v) is 12.3. The van der Waals surface area contributed by atoms with E-state index in [4.69, 9.17) is 23.6 Å². The molecule has 1 unspecified atom stereocenters. The number of Topliss-reactive ketones (excluding diaryl/α,β-unsaturated/α-hetero) is 1. The predicted octanol–water partition coefficient (Wildman–Crippen LogP) is 6.76. The number of esters is 1. The van der Waals surface area contributed by atoms with Gasteiger partial charge in [-0.05, 0) is 127 Å². The molecule has 4 aliphatic carbocycles. The van der Waals surface area contributed by atoms with Crippen LogP contribution in [0.1, 0.15) is 106 Å². The molecule has 10 nitrogen and oxygen atoms in total. The van der Waals surface area contributed by atoms with Crippen LogP contribution in [0.2, 0.25) is 0 Å². The van der Waals surface area contributed by atoms with Gasteiger partial charge in [-0.2, -0.15) is 5.09 Å². The van der Waals surface area contributed by atoms with Gasteiger partial charge in [0.15, 0.2) is 0 Å². The summed E-state index contributed by atoms with van der Waals surface area (Å²) in [5.41, 5.74) is 0.313. The Morgan fingerprint density at radius 3 is 2.29 bits per heavy atom. The van der Waals surface area contributed by atoms with Gasteiger partial charge >= 0.3 is 19.9 Å². The first-order chi connectivity index (χ1) is 19.2. The van der Waals surface area contributed by atoms with Crippen LogP contribution in [0, 0.1) is 40.4 Å². The molecule has 0 saturated heterocycles. The zero-order valence-corrected chi connectivity index (χ0v) is 26.7. The zero-order chi connectivity index (χ0) is 30.2. The fraction of sp³-hybridized carbons (Fsp3) is 0.900. The largest absolute Gasteiger partial charge is 0.515 e. The minimum atomic E-state index is -4.41. The van der Waals surface area contributed by atoms with Crippen LogP contribution in [0.15, 0.2) is 0 Å². The minimum Gasteiger partial charge on any atom is -0.462 e. The fourth-order valence-electron chi connectivity index (χ4n) is 9.02. The summed E-state index contributed by atoms with van der Waals surface area (Å²) in [4.78, 5) is 42.5. The number of rotatable bonds is 10. The molecule has 0 amide bonds. The molecule has 4 saturated carbocycles. The number of carbonyl (C=O) groups excluding carboxylic acids is 3. The topological polar surface area (TPSA) is 126 Å². The van der Waals surface area contributed by atoms with Gasteiger partial charge in [0.05, 0.1) is 18.8 Å². The Labute approximate surface area is 244 Å². The van der Waals surface area contributed by atoms with Crippen molar-refractivity contribution in [2.24, 2.45) is 40.4 Å². The lowest BCUT2D eigenvalue weighted by Crippen LogP contribution is -2.54. The Balaban J connectivity index is 1.39. The average molecular weight is 600 g/mol. The molecule has 0 aromatic heterocycles. The van der Waals surface area contributed by atoms with Crippen molar-refractivity contribution >= 4 is 25.7 Å². The van der Waals surface area contributed by atoms with Gasteiger partial charge in [-0.15, -0.1) is 4.67 Å². The number of carbonyl (C=O) groups is 3. The summed E-state index contributed by atoms with van der Waals surface area (Å²) in [5.74, 6) is 2.22. The van der Waals surface area contributed by atoms with Crippen LogP contribution < -0.4 is 5.09 Å². The molecular weight excluding hydrogens is 549 g/mol. The summed E-state index contributed by atoms with van der Waals surface area (Å²) in [7, 11) is -4.41. The number of nitrogens with one attached hydrogen (secondary N) is 1. The highest BCUT2D eigenvalue weighted by Gasteiger charge is 2.61. The van der Waals surface area contributed by atoms with E-state index in [1.807, 2.05) is 0 Å². The second-order valence-electron chi connectivity index (χ2n) is 13.6. The van der Waals surface area contributed by atoms with Gasteiger partial charge in [0.25, 0.3) is 0 Å². The van der Waals surface area contributed by atoms with Gasteiger partial charge in [-0.3, -0.25) is 9.59 Å². The lowest BCUT2D eigenvalue weighted by Gasteiger charge is -2.61. The van der Waals surface area contributed by atoms with Crippen molar-refractivity contribution in [3.8, 4) is 0 Å². The molecule has 10 atom stereocenters. The smallest absolute Gasteiger partial charge is 0.462 e. The monoisotopic (exact) mass is 599 g/mol. The molecule has 1 N–H and O–H groups in total. The lowest BCUT2D eigenvalue weighted by molar-refractivity contribution is -0.272. The average Bonchev–Trinajstić information content (AvgIpc) is 3.24. The van der Waals surface area contributed by atoms with Crippen molar-refractivity contribution in [3.05, 3.63) is 0 Å². The van der Waals surface area contributed by atoms with E-state index in [-0.39, 0.29) is 35.6 Å². The van der Waals surface area contributed by atoms with E-state index < -0.39 is 25.9 Å². The molecular formula is C30H50NO9P. The second-order valence-corrected chi connectivity index (χ2v) is 15.2. The van der Waals surface area contributed by atoms with Crippen LogP contribution in [-0.4, -0.2) is 42.8 Å². The molecule has 41 heavy (non-hydrogen) atoms. The van der Waals surface area contributed by atoms with Crippen LogP contribution in [0.4, 0.5) is 4.79 Å². The van der Waals surface area contributed by atoms with E-state index in [1.54, 1.807) is 27.7 Å². The Hall–Kier alpha value is -1.48. The molecule has 0 aliphatic heterocycles. The normalized spacial score (nSPS) is 38.5. The van der Waals surface area contributed by atoms with Gasteiger partial charge in [0.2, 0.25) is 0 Å². The first-order valence-corrected chi connectivity index (χ1v) is 17.1. The van der Waals surface area contributed by atoms with Crippen LogP contribution in [0.25, 0.3) is 0 Å². The maximum atomic E-state index is 13.5. The van der Waals surface area contributed by atoms with Gasteiger partial charge < -0.3 is 14.0 Å². The van der Waals surface area contributed by atoms with E-state index in [0.29, 0.717) is 29.5 Å². The lowest BCUT2D eigenvalue weighted by atomic mass is 9.44. The fourth-order valence-corrected chi connectivity index (χ4v) is 10.2. The highest BCUT2D eigenvalue weighted by atomic mass is 31.2. The van der Waals surface area contributed by atoms with Gasteiger partial charge in [-0.25, -0.2) is 14.2 Å². The number of hydrogen-bond donors (Lipinski definition) is 1. The van der Waals surface area contributed by atoms with Crippen LogP contribution >= 0.6 is 7.75 Å². The van der Waals surface area contributed by atoms with E-state index in [2.05, 4.69) is 18.9 Å². The standard InChI is InChI=1S/C30H50NO9P/c1-8-36-28(34)39-41(35,31-19(4)27(33)37-18(2)3)40-38-22-13-15-29(6)21(17-22)9-10-23-25-12-11-24(20(5)32)30(25,7)16-14-26(23)29/h18-19,21-26H,8-17H2,1-7H3,(H,31,35)/t19?,21-,22+,23-,24+,25-,26-,29-,30+,41-/m0/s1. The summed E-state index contributed by atoms with van der Waals surface area (Å²) in [6.07, 6.45) is 7.26. The molecule has 0 heterocycles. The minimum absolute atomic E-state index is 0.0189. The van der Waals surface area contributed by atoms with E-state index >= 15 is 0 Å². The molecule has 0 aromatic rings. The van der Waals surface area contributed by atoms with Gasteiger partial charge in [-0.1, -0.05) is 13.8 Å². The highest BCUT2D eigenvalue weighted by Crippen LogP contribution is 2.67. The summed E-state index contributed by atoms with van der Waals surface area (Å²) in [6.45, 7) is 13.0. The molecule has 0 bridgehead atoms. The summed E-state index contributed by atoms with van der Waals surface area (Å²) < 4.78 is 33.7. The summed E-state index contributed by atoms with van der Waals surface area (Å²) in [5, 5.41) is 2.45. The zero-order valence-electron chi connectivity index (χ0n) is 25.8. The Bertz CT molecular complexity index is 1040. The maximum absolute atomic E-state index is 13.5.